The van der Waals surface area contributed by atoms with E-state index in [9.17, 15) is 5.11 Å². The second kappa shape index (κ2) is 16.6. The lowest BCUT2D eigenvalue weighted by molar-refractivity contribution is -0.328. The van der Waals surface area contributed by atoms with Crippen LogP contribution < -0.4 is 10.4 Å². The molecule has 2 saturated heterocycles. The Morgan fingerprint density at radius 1 is 0.717 bits per heavy atom. The Morgan fingerprint density at radius 2 is 1.26 bits per heavy atom. The van der Waals surface area contributed by atoms with E-state index in [-0.39, 0.29) is 18.3 Å². The molecule has 2 heterocycles. The maximum absolute atomic E-state index is 11.1. The first-order chi connectivity index (χ1) is 22.1. The van der Waals surface area contributed by atoms with Gasteiger partial charge in [0, 0.05) is 42.7 Å². The molecule has 0 amide bonds. The lowest BCUT2D eigenvalue weighted by Crippen LogP contribution is -2.68. The van der Waals surface area contributed by atoms with Crippen molar-refractivity contribution in [2.75, 3.05) is 55.9 Å². The summed E-state index contributed by atoms with van der Waals surface area (Å²) in [6, 6.07) is 20.7. The van der Waals surface area contributed by atoms with Crippen LogP contribution in [0.1, 0.15) is 20.8 Å². The molecule has 258 valence electrons. The van der Waals surface area contributed by atoms with Gasteiger partial charge in [0.05, 0.1) is 13.2 Å². The van der Waals surface area contributed by atoms with E-state index >= 15 is 0 Å². The third-order valence-electron chi connectivity index (χ3n) is 9.08. The summed E-state index contributed by atoms with van der Waals surface area (Å²) < 4.78 is 60.9. The fraction of sp³-hybridized carbons (Fsp3) is 0.647. The zero-order chi connectivity index (χ0) is 33.5. The number of hydrogen-bond donors (Lipinski definition) is 1. The highest BCUT2D eigenvalue weighted by atomic mass is 28.4. The Bertz CT molecular complexity index is 1130. The molecule has 2 aliphatic rings. The second-order valence-corrected chi connectivity index (χ2v) is 16.9. The first kappa shape index (κ1) is 37.0. The van der Waals surface area contributed by atoms with Crippen LogP contribution in [0.5, 0.6) is 0 Å². The molecule has 0 aromatic heterocycles. The van der Waals surface area contributed by atoms with Crippen molar-refractivity contribution in [3.8, 4) is 0 Å². The van der Waals surface area contributed by atoms with Crippen LogP contribution in [0.2, 0.25) is 5.04 Å². The number of benzene rings is 2. The Balaban J connectivity index is 1.72. The van der Waals surface area contributed by atoms with Crippen molar-refractivity contribution < 1.29 is 52.2 Å². The highest BCUT2D eigenvalue weighted by Crippen LogP contribution is 2.39. The van der Waals surface area contributed by atoms with Crippen molar-refractivity contribution in [3.05, 3.63) is 60.7 Å². The van der Waals surface area contributed by atoms with Crippen molar-refractivity contribution in [3.63, 3.8) is 0 Å². The molecule has 0 saturated carbocycles. The number of aliphatic hydroxyl groups excluding tert-OH is 1. The molecule has 12 heteroatoms. The summed E-state index contributed by atoms with van der Waals surface area (Å²) in [5, 5.41) is 13.1. The van der Waals surface area contributed by atoms with Gasteiger partial charge in [0.25, 0.3) is 8.32 Å². The third-order valence-corrected chi connectivity index (χ3v) is 14.1. The van der Waals surface area contributed by atoms with E-state index in [0.29, 0.717) is 0 Å². The van der Waals surface area contributed by atoms with E-state index in [0.717, 1.165) is 10.4 Å². The normalized spacial score (nSPS) is 31.2. The number of methoxy groups -OCH3 is 6. The Hall–Kier alpha value is -1.78. The van der Waals surface area contributed by atoms with Gasteiger partial charge in [-0.3, -0.25) is 0 Å². The van der Waals surface area contributed by atoms with Crippen molar-refractivity contribution in [1.82, 2.24) is 0 Å². The summed E-state index contributed by atoms with van der Waals surface area (Å²) >= 11 is 0. The van der Waals surface area contributed by atoms with Crippen molar-refractivity contribution in [2.45, 2.75) is 87.2 Å². The van der Waals surface area contributed by atoms with Crippen LogP contribution in [0.25, 0.3) is 0 Å². The minimum atomic E-state index is -2.96. The topological polar surface area (TPSA) is 113 Å². The molecule has 46 heavy (non-hydrogen) atoms. The summed E-state index contributed by atoms with van der Waals surface area (Å²) in [5.41, 5.74) is 0. The van der Waals surface area contributed by atoms with E-state index in [2.05, 4.69) is 45.0 Å². The fourth-order valence-corrected chi connectivity index (χ4v) is 11.4. The minimum Gasteiger partial charge on any atom is -0.405 e. The molecule has 0 unspecified atom stereocenters. The van der Waals surface area contributed by atoms with Gasteiger partial charge in [-0.25, -0.2) is 0 Å². The first-order valence-corrected chi connectivity index (χ1v) is 17.5. The summed E-state index contributed by atoms with van der Waals surface area (Å²) in [6.45, 7) is 6.99. The van der Waals surface area contributed by atoms with Gasteiger partial charge in [-0.05, 0) is 15.4 Å². The first-order valence-electron chi connectivity index (χ1n) is 15.6. The molecule has 10 atom stereocenters. The number of aliphatic hydroxyl groups is 1. The molecule has 1 N–H and O–H groups in total. The molecule has 4 rings (SSSR count). The molecule has 0 spiro atoms. The molecule has 0 aliphatic carbocycles. The van der Waals surface area contributed by atoms with E-state index in [1.54, 1.807) is 35.5 Å². The molecule has 0 radical (unpaired) electrons. The van der Waals surface area contributed by atoms with Crippen LogP contribution in [0, 0.1) is 0 Å². The minimum absolute atomic E-state index is 0.0944. The van der Waals surface area contributed by atoms with Crippen molar-refractivity contribution >= 4 is 18.7 Å². The van der Waals surface area contributed by atoms with Crippen molar-refractivity contribution in [2.24, 2.45) is 0 Å². The predicted octanol–water partition coefficient (Wildman–Crippen LogP) is 2.11. The van der Waals surface area contributed by atoms with Gasteiger partial charge in [0.1, 0.15) is 48.8 Å². The molecule has 2 fully saturated rings. The SMILES string of the molecule is COC[C@@H](OC)[C@H]1O[C@H](O[C@H]2[C@H](OC)[C@@H](OC)[C@@H](O)O[C@@H]2CO[Si](c2ccccc2)(c2ccccc2)C(C)(C)C)[C@@H](OC)[C@H]1OC. The number of ether oxygens (including phenoxy) is 9. The Labute approximate surface area is 274 Å². The highest BCUT2D eigenvalue weighted by Gasteiger charge is 2.56. The highest BCUT2D eigenvalue weighted by molar-refractivity contribution is 6.99. The van der Waals surface area contributed by atoms with Gasteiger partial charge < -0.3 is 52.2 Å². The molecular weight excluding hydrogens is 612 g/mol. The van der Waals surface area contributed by atoms with Gasteiger partial charge in [-0.1, -0.05) is 81.4 Å². The molecule has 2 aromatic carbocycles. The average Bonchev–Trinajstić information content (AvgIpc) is 3.41. The van der Waals surface area contributed by atoms with E-state index in [4.69, 9.17) is 47.1 Å². The molecule has 11 nitrogen and oxygen atoms in total. The van der Waals surface area contributed by atoms with Crippen LogP contribution in [0.4, 0.5) is 0 Å². The van der Waals surface area contributed by atoms with Gasteiger partial charge in [-0.2, -0.15) is 0 Å². The van der Waals surface area contributed by atoms with E-state index in [1.165, 1.54) is 7.11 Å². The second-order valence-electron chi connectivity index (χ2n) is 12.6. The quantitative estimate of drug-likeness (QED) is 0.283. The van der Waals surface area contributed by atoms with Crippen LogP contribution in [0.15, 0.2) is 60.7 Å². The molecule has 2 aliphatic heterocycles. The van der Waals surface area contributed by atoms with E-state index < -0.39 is 69.7 Å². The van der Waals surface area contributed by atoms with Crippen molar-refractivity contribution in [1.29, 1.82) is 0 Å². The maximum atomic E-state index is 11.1. The maximum Gasteiger partial charge on any atom is 0.261 e. The Kier molecular flexibility index (Phi) is 13.3. The van der Waals surface area contributed by atoms with Crippen LogP contribution >= 0.6 is 0 Å². The van der Waals surface area contributed by atoms with Gasteiger partial charge in [-0.15, -0.1) is 0 Å². The molecule has 2 aromatic rings. The lowest BCUT2D eigenvalue weighted by atomic mass is 9.98. The Morgan fingerprint density at radius 3 is 1.72 bits per heavy atom. The van der Waals surface area contributed by atoms with Gasteiger partial charge >= 0.3 is 0 Å². The van der Waals surface area contributed by atoms with Crippen LogP contribution in [0.3, 0.4) is 0 Å². The molecular formula is C34H52O11Si. The zero-order valence-corrected chi connectivity index (χ0v) is 29.5. The lowest BCUT2D eigenvalue weighted by Gasteiger charge is -2.47. The fourth-order valence-electron chi connectivity index (χ4n) is 6.87. The smallest absolute Gasteiger partial charge is 0.261 e. The molecule has 0 bridgehead atoms. The average molecular weight is 665 g/mol. The number of rotatable bonds is 15. The van der Waals surface area contributed by atoms with E-state index in [1.807, 2.05) is 36.4 Å². The monoisotopic (exact) mass is 664 g/mol. The van der Waals surface area contributed by atoms with Crippen LogP contribution in [-0.2, 0) is 47.1 Å². The summed E-state index contributed by atoms with van der Waals surface area (Å²) in [5.74, 6) is 0. The number of hydrogen-bond acceptors (Lipinski definition) is 11. The van der Waals surface area contributed by atoms with Gasteiger partial charge in [0.2, 0.25) is 0 Å². The third kappa shape index (κ3) is 7.43. The summed E-state index contributed by atoms with van der Waals surface area (Å²) in [6.07, 6.45) is -7.45. The largest absolute Gasteiger partial charge is 0.405 e. The predicted molar refractivity (Wildman–Crippen MR) is 174 cm³/mol. The standard InChI is InChI=1S/C34H52O11Si/c1-34(2,3)46(22-16-12-10-13-17-22,23-18-14-11-15-19-23)42-21-25-27(28(38-6)30(40-8)32(35)43-25)45-33-31(41-9)29(39-7)26(44-33)24(37-5)20-36-4/h10-19,24-33,35H,20-21H2,1-9H3/t24-,25-,26-,27-,28+,29+,30-,31+,32+,33-/m1/s1. The van der Waals surface area contributed by atoms with Crippen LogP contribution in [-0.4, -0.2) is 131 Å². The zero-order valence-electron chi connectivity index (χ0n) is 28.5. The summed E-state index contributed by atoms with van der Waals surface area (Å²) in [4.78, 5) is 0. The van der Waals surface area contributed by atoms with Gasteiger partial charge in [0.15, 0.2) is 12.6 Å². The summed E-state index contributed by atoms with van der Waals surface area (Å²) in [7, 11) is 6.44.